The number of rotatable bonds is 4. The van der Waals surface area contributed by atoms with Crippen LogP contribution in [0.1, 0.15) is 41.6 Å². The van der Waals surface area contributed by atoms with E-state index in [0.29, 0.717) is 37.1 Å². The van der Waals surface area contributed by atoms with E-state index >= 15 is 0 Å². The van der Waals surface area contributed by atoms with Crippen LogP contribution in [0.4, 0.5) is 5.69 Å². The molecule has 2 aliphatic rings. The normalized spacial score (nSPS) is 16.1. The summed E-state index contributed by atoms with van der Waals surface area (Å²) >= 11 is 8.13. The van der Waals surface area contributed by atoms with Crippen molar-refractivity contribution < 1.29 is 14.5 Å². The van der Waals surface area contributed by atoms with Crippen LogP contribution in [0.15, 0.2) is 85.0 Å². The molecule has 0 spiro atoms. The van der Waals surface area contributed by atoms with Gasteiger partial charge in [0.25, 0.3) is 11.2 Å². The number of nitrogens with zero attached hydrogens (tertiary/aromatic N) is 3. The summed E-state index contributed by atoms with van der Waals surface area (Å²) in [7, 11) is 0. The molecule has 0 N–H and O–H groups in total. The van der Waals surface area contributed by atoms with Gasteiger partial charge in [0, 0.05) is 34.7 Å². The van der Waals surface area contributed by atoms with Crippen LogP contribution < -0.4 is 19.6 Å². The Hall–Kier alpha value is -3.67. The molecule has 8 nitrogen and oxygen atoms in total. The lowest BCUT2D eigenvalue weighted by molar-refractivity contribution is -0.384. The van der Waals surface area contributed by atoms with E-state index in [2.05, 4.69) is 37.9 Å². The number of carbonyl (C=O) groups excluding carboxylic acids is 1. The highest BCUT2D eigenvalue weighted by atomic mass is 79.9. The van der Waals surface area contributed by atoms with Crippen molar-refractivity contribution in [3.8, 4) is 5.75 Å². The van der Waals surface area contributed by atoms with Crippen LogP contribution in [0, 0.1) is 10.1 Å². The fourth-order valence-electron chi connectivity index (χ4n) is 5.21. The summed E-state index contributed by atoms with van der Waals surface area (Å²) in [6, 6.07) is 17.5. The first-order chi connectivity index (χ1) is 19.2. The van der Waals surface area contributed by atoms with Crippen LogP contribution in [0.25, 0.3) is 11.8 Å². The van der Waals surface area contributed by atoms with E-state index in [0.717, 1.165) is 27.7 Å². The summed E-state index contributed by atoms with van der Waals surface area (Å²) in [6.07, 6.45) is 3.12. The van der Waals surface area contributed by atoms with Gasteiger partial charge in [-0.15, -0.1) is 0 Å². The van der Waals surface area contributed by atoms with Gasteiger partial charge in [0.05, 0.1) is 25.7 Å². The number of ether oxygens (including phenoxy) is 1. The van der Waals surface area contributed by atoms with E-state index in [9.17, 15) is 19.7 Å². The van der Waals surface area contributed by atoms with Crippen LogP contribution in [-0.2, 0) is 11.2 Å². The summed E-state index contributed by atoms with van der Waals surface area (Å²) < 4.78 is 8.75. The van der Waals surface area contributed by atoms with Gasteiger partial charge in [-0.2, -0.15) is 0 Å². The number of benzene rings is 3. The maximum Gasteiger partial charge on any atom is 0.308 e. The molecule has 3 aromatic carbocycles. The number of thiazole rings is 1. The van der Waals surface area contributed by atoms with Crippen LogP contribution >= 0.6 is 43.2 Å². The van der Waals surface area contributed by atoms with Gasteiger partial charge in [0.1, 0.15) is 0 Å². The molecule has 0 fully saturated rings. The Morgan fingerprint density at radius 2 is 1.95 bits per heavy atom. The number of hydrogen-bond donors (Lipinski definition) is 0. The van der Waals surface area contributed by atoms with Crippen LogP contribution in [-0.4, -0.2) is 15.5 Å². The van der Waals surface area contributed by atoms with Gasteiger partial charge in [-0.3, -0.25) is 24.3 Å². The average Bonchev–Trinajstić information content (AvgIpc) is 3.23. The van der Waals surface area contributed by atoms with E-state index in [1.165, 1.54) is 36.0 Å². The summed E-state index contributed by atoms with van der Waals surface area (Å²) in [4.78, 5) is 42.5. The molecule has 1 aromatic heterocycles. The van der Waals surface area contributed by atoms with Crippen molar-refractivity contribution in [2.45, 2.75) is 25.8 Å². The number of aromatic nitrogens is 1. The zero-order valence-electron chi connectivity index (χ0n) is 20.9. The second-order valence-corrected chi connectivity index (χ2v) is 12.1. The van der Waals surface area contributed by atoms with Gasteiger partial charge in [0.2, 0.25) is 0 Å². The molecule has 0 radical (unpaired) electrons. The number of hydrogen-bond acceptors (Lipinski definition) is 7. The van der Waals surface area contributed by atoms with E-state index in [1.807, 2.05) is 24.3 Å². The molecule has 200 valence electrons. The number of esters is 1. The molecular formula is C29H19Br2N3O5S. The minimum Gasteiger partial charge on any atom is -0.425 e. The standard InChI is InChI=1S/C29H19Br2N3O5S/c1-15(35)39-27-18(11-19(30)14-23(27)31)13-24-28(36)33-26(17-6-4-7-20(12-17)34(37)38)22-10-9-16-5-2-3-8-21(16)25(22)32-29(33)40-24/h2-8,11-14,26H,9-10H2,1H3/b24-13+/t26-/m1/s1. The lowest BCUT2D eigenvalue weighted by atomic mass is 9.83. The second kappa shape index (κ2) is 10.4. The highest BCUT2D eigenvalue weighted by Crippen LogP contribution is 2.41. The summed E-state index contributed by atoms with van der Waals surface area (Å²) in [5.74, 6) is -0.193. The number of allylic oxidation sites excluding steroid dienone is 1. The number of nitro groups is 1. The highest BCUT2D eigenvalue weighted by Gasteiger charge is 2.33. The van der Waals surface area contributed by atoms with Gasteiger partial charge in [-0.05, 0) is 63.7 Å². The maximum atomic E-state index is 14.0. The molecule has 1 atom stereocenters. The van der Waals surface area contributed by atoms with Crippen molar-refractivity contribution in [2.24, 2.45) is 4.99 Å². The molecule has 0 bridgehead atoms. The van der Waals surface area contributed by atoms with Crippen LogP contribution in [0.2, 0.25) is 0 Å². The smallest absolute Gasteiger partial charge is 0.308 e. The van der Waals surface area contributed by atoms with Gasteiger partial charge in [-0.1, -0.05) is 63.7 Å². The monoisotopic (exact) mass is 679 g/mol. The van der Waals surface area contributed by atoms with Crippen molar-refractivity contribution in [3.63, 3.8) is 0 Å². The number of fused-ring (bicyclic) bond motifs is 3. The molecule has 2 heterocycles. The van der Waals surface area contributed by atoms with Crippen molar-refractivity contribution in [1.29, 1.82) is 0 Å². The lowest BCUT2D eigenvalue weighted by Gasteiger charge is -2.30. The van der Waals surface area contributed by atoms with Crippen LogP contribution in [0.5, 0.6) is 5.75 Å². The number of aryl methyl sites for hydroxylation is 1. The molecule has 0 unspecified atom stereocenters. The first-order valence-electron chi connectivity index (χ1n) is 12.3. The topological polar surface area (TPSA) is 104 Å². The quantitative estimate of drug-likeness (QED) is 0.120. The SMILES string of the molecule is CC(=O)Oc1c(Br)cc(Br)cc1/C=c1/sc2n(c1=O)[C@H](c1cccc([N+](=O)[O-])c1)C1=C(N=2)c2ccccc2CC1. The van der Waals surface area contributed by atoms with Crippen molar-refractivity contribution in [1.82, 2.24) is 4.57 Å². The third-order valence-corrected chi connectivity index (χ3v) is 8.87. The molecule has 0 amide bonds. The Morgan fingerprint density at radius 3 is 2.73 bits per heavy atom. The lowest BCUT2D eigenvalue weighted by Crippen LogP contribution is -2.38. The van der Waals surface area contributed by atoms with Gasteiger partial charge in [0.15, 0.2) is 10.6 Å². The zero-order chi connectivity index (χ0) is 28.1. The fraction of sp³-hybridized carbons (Fsp3) is 0.138. The van der Waals surface area contributed by atoms with E-state index in [1.54, 1.807) is 28.8 Å². The molecule has 1 aliphatic carbocycles. The predicted molar refractivity (Wildman–Crippen MR) is 159 cm³/mol. The van der Waals surface area contributed by atoms with Crippen molar-refractivity contribution >= 4 is 66.6 Å². The first-order valence-corrected chi connectivity index (χ1v) is 14.7. The van der Waals surface area contributed by atoms with Crippen molar-refractivity contribution in [3.05, 3.63) is 127 Å². The minimum absolute atomic E-state index is 0.0417. The first kappa shape index (κ1) is 26.5. The molecule has 1 aliphatic heterocycles. The number of non-ortho nitro benzene ring substituents is 1. The Bertz CT molecular complexity index is 1960. The number of nitro benzene ring substituents is 1. The zero-order valence-corrected chi connectivity index (χ0v) is 24.9. The van der Waals surface area contributed by atoms with E-state index in [-0.39, 0.29) is 11.2 Å². The Morgan fingerprint density at radius 1 is 1.15 bits per heavy atom. The largest absolute Gasteiger partial charge is 0.425 e. The Balaban J connectivity index is 1.63. The Labute approximate surface area is 248 Å². The third-order valence-electron chi connectivity index (χ3n) is 6.84. The van der Waals surface area contributed by atoms with Gasteiger partial charge < -0.3 is 4.74 Å². The molecule has 6 rings (SSSR count). The molecule has 4 aromatic rings. The molecule has 11 heteroatoms. The number of carbonyl (C=O) groups is 1. The number of halogens is 2. The minimum atomic E-state index is -0.552. The maximum absolute atomic E-state index is 14.0. The Kier molecular flexibility index (Phi) is 6.89. The summed E-state index contributed by atoms with van der Waals surface area (Å²) in [5, 5.41) is 11.6. The fourth-order valence-corrected chi connectivity index (χ4v) is 7.54. The van der Waals surface area contributed by atoms with Crippen LogP contribution in [0.3, 0.4) is 0 Å². The third kappa shape index (κ3) is 4.67. The van der Waals surface area contributed by atoms with Crippen molar-refractivity contribution in [2.75, 3.05) is 0 Å². The second-order valence-electron chi connectivity index (χ2n) is 9.37. The molecular weight excluding hydrogens is 662 g/mol. The molecule has 0 saturated heterocycles. The van der Waals surface area contributed by atoms with E-state index in [4.69, 9.17) is 9.73 Å². The molecule has 40 heavy (non-hydrogen) atoms. The van der Waals surface area contributed by atoms with Gasteiger partial charge in [-0.25, -0.2) is 4.99 Å². The predicted octanol–water partition coefficient (Wildman–Crippen LogP) is 5.68. The van der Waals surface area contributed by atoms with E-state index < -0.39 is 16.9 Å². The summed E-state index contributed by atoms with van der Waals surface area (Å²) in [6.45, 7) is 1.31. The summed E-state index contributed by atoms with van der Waals surface area (Å²) in [5.41, 5.74) is 4.78. The molecule has 0 saturated carbocycles. The van der Waals surface area contributed by atoms with Gasteiger partial charge >= 0.3 is 5.97 Å². The highest BCUT2D eigenvalue weighted by molar-refractivity contribution is 9.11. The average molecular weight is 681 g/mol.